The summed E-state index contributed by atoms with van der Waals surface area (Å²) in [5.74, 6) is 1.89. The van der Waals surface area contributed by atoms with Gasteiger partial charge in [-0.2, -0.15) is 0 Å². The van der Waals surface area contributed by atoms with Gasteiger partial charge < -0.3 is 0 Å². The molecule has 0 aromatic heterocycles. The molecule has 1 saturated carbocycles. The molecular weight excluding hydrogens is 403 g/mol. The van der Waals surface area contributed by atoms with Gasteiger partial charge in [0.05, 0.1) is 0 Å². The van der Waals surface area contributed by atoms with Crippen molar-refractivity contribution in [3.8, 4) is 0 Å². The quantitative estimate of drug-likeness (QED) is 0.310. The van der Waals surface area contributed by atoms with Gasteiger partial charge in [0, 0.05) is 0 Å². The molecule has 1 aliphatic rings. The number of hydrogen-bond acceptors (Lipinski definition) is 0. The van der Waals surface area contributed by atoms with Crippen LogP contribution in [0, 0.1) is 11.7 Å². The van der Waals surface area contributed by atoms with Gasteiger partial charge in [-0.25, -0.2) is 4.39 Å². The summed E-state index contributed by atoms with van der Waals surface area (Å²) in [5, 5.41) is 0. The highest BCUT2D eigenvalue weighted by molar-refractivity contribution is 5.28. The number of benzene rings is 3. The Morgan fingerprint density at radius 2 is 1.52 bits per heavy atom. The molecule has 0 aliphatic heterocycles. The smallest absolute Gasteiger partial charge is 0.126 e. The van der Waals surface area contributed by atoms with Crippen molar-refractivity contribution in [3.63, 3.8) is 0 Å². The van der Waals surface area contributed by atoms with Gasteiger partial charge in [0.2, 0.25) is 0 Å². The third-order valence-electron chi connectivity index (χ3n) is 7.69. The highest BCUT2D eigenvalue weighted by atomic mass is 19.1. The van der Waals surface area contributed by atoms with E-state index in [0.717, 1.165) is 30.7 Å². The first-order valence-electron chi connectivity index (χ1n) is 13.0. The van der Waals surface area contributed by atoms with Gasteiger partial charge in [0.15, 0.2) is 0 Å². The lowest BCUT2D eigenvalue weighted by molar-refractivity contribution is 0.310. The highest BCUT2D eigenvalue weighted by Crippen LogP contribution is 2.38. The van der Waals surface area contributed by atoms with E-state index in [1.807, 2.05) is 12.1 Å². The van der Waals surface area contributed by atoms with E-state index in [2.05, 4.69) is 74.5 Å². The zero-order chi connectivity index (χ0) is 23.0. The Hall–Kier alpha value is -2.41. The monoisotopic (exact) mass is 442 g/mol. The van der Waals surface area contributed by atoms with Crippen LogP contribution in [0.15, 0.2) is 72.8 Å². The minimum Gasteiger partial charge on any atom is -0.207 e. The van der Waals surface area contributed by atoms with Crippen LogP contribution >= 0.6 is 0 Å². The van der Waals surface area contributed by atoms with Gasteiger partial charge >= 0.3 is 0 Å². The van der Waals surface area contributed by atoms with Crippen LogP contribution in [0.5, 0.6) is 0 Å². The largest absolute Gasteiger partial charge is 0.207 e. The van der Waals surface area contributed by atoms with Crippen molar-refractivity contribution < 1.29 is 4.39 Å². The summed E-state index contributed by atoms with van der Waals surface area (Å²) >= 11 is 0. The molecule has 0 heterocycles. The molecule has 0 saturated heterocycles. The van der Waals surface area contributed by atoms with Gasteiger partial charge in [-0.05, 0) is 103 Å². The van der Waals surface area contributed by atoms with Crippen LogP contribution in [-0.2, 0) is 19.3 Å². The predicted octanol–water partition coefficient (Wildman–Crippen LogP) is 9.03. The Morgan fingerprint density at radius 1 is 0.818 bits per heavy atom. The molecule has 1 atom stereocenters. The summed E-state index contributed by atoms with van der Waals surface area (Å²) in [6, 6.07) is 26.1. The molecule has 0 amide bonds. The minimum atomic E-state index is -0.00178. The molecule has 4 rings (SSSR count). The Bertz CT molecular complexity index is 981. The van der Waals surface area contributed by atoms with Crippen molar-refractivity contribution in [3.05, 3.63) is 106 Å². The van der Waals surface area contributed by atoms with Crippen LogP contribution in [0.2, 0.25) is 0 Å². The molecule has 33 heavy (non-hydrogen) atoms. The van der Waals surface area contributed by atoms with Crippen LogP contribution in [0.1, 0.15) is 92.0 Å². The molecule has 0 bridgehead atoms. The maximum Gasteiger partial charge on any atom is 0.126 e. The minimum absolute atomic E-state index is 0.00178. The molecule has 0 radical (unpaired) electrons. The van der Waals surface area contributed by atoms with Crippen LogP contribution in [0.3, 0.4) is 0 Å². The molecule has 1 fully saturated rings. The van der Waals surface area contributed by atoms with E-state index >= 15 is 0 Å². The van der Waals surface area contributed by atoms with E-state index < -0.39 is 0 Å². The number of hydrogen-bond donors (Lipinski definition) is 0. The topological polar surface area (TPSA) is 0 Å². The van der Waals surface area contributed by atoms with Crippen molar-refractivity contribution in [2.45, 2.75) is 83.5 Å². The number of halogens is 1. The summed E-state index contributed by atoms with van der Waals surface area (Å²) in [6.07, 6.45) is 10.3. The fourth-order valence-electron chi connectivity index (χ4n) is 5.54. The molecule has 1 unspecified atom stereocenters. The molecule has 3 aromatic rings. The molecule has 0 spiro atoms. The molecule has 1 aliphatic carbocycles. The summed E-state index contributed by atoms with van der Waals surface area (Å²) in [5.41, 5.74) is 6.38. The van der Waals surface area contributed by atoms with E-state index in [-0.39, 0.29) is 5.82 Å². The SMILES string of the molecule is CCCc1ccc(C2CCC(CCc3ccc(CC(C)c4ccccc4)cc3)CC2)cc1F. The van der Waals surface area contributed by atoms with Crippen LogP contribution in [0.25, 0.3) is 0 Å². The molecule has 3 aromatic carbocycles. The van der Waals surface area contributed by atoms with Crippen LogP contribution in [-0.4, -0.2) is 0 Å². The molecule has 174 valence electrons. The maximum atomic E-state index is 14.4. The van der Waals surface area contributed by atoms with Gasteiger partial charge in [-0.3, -0.25) is 0 Å². The molecule has 1 heteroatoms. The van der Waals surface area contributed by atoms with Crippen molar-refractivity contribution in [1.82, 2.24) is 0 Å². The van der Waals surface area contributed by atoms with E-state index in [1.54, 1.807) is 0 Å². The second-order valence-electron chi connectivity index (χ2n) is 10.2. The van der Waals surface area contributed by atoms with Gasteiger partial charge in [0.1, 0.15) is 5.82 Å². The van der Waals surface area contributed by atoms with Crippen molar-refractivity contribution in [1.29, 1.82) is 0 Å². The lowest BCUT2D eigenvalue weighted by Crippen LogP contribution is -2.14. The zero-order valence-corrected chi connectivity index (χ0v) is 20.4. The highest BCUT2D eigenvalue weighted by Gasteiger charge is 2.23. The first-order chi connectivity index (χ1) is 16.1. The van der Waals surface area contributed by atoms with E-state index in [1.165, 1.54) is 60.8 Å². The lowest BCUT2D eigenvalue weighted by atomic mass is 9.76. The Kier molecular flexibility index (Phi) is 8.37. The van der Waals surface area contributed by atoms with E-state index in [4.69, 9.17) is 0 Å². The average molecular weight is 443 g/mol. The number of aryl methyl sites for hydroxylation is 2. The van der Waals surface area contributed by atoms with Crippen molar-refractivity contribution >= 4 is 0 Å². The molecule has 0 nitrogen and oxygen atoms in total. The van der Waals surface area contributed by atoms with E-state index in [9.17, 15) is 4.39 Å². The Balaban J connectivity index is 1.22. The number of rotatable bonds is 9. The summed E-state index contributed by atoms with van der Waals surface area (Å²) in [4.78, 5) is 0. The average Bonchev–Trinajstić information content (AvgIpc) is 2.86. The third kappa shape index (κ3) is 6.56. The third-order valence-corrected chi connectivity index (χ3v) is 7.69. The first kappa shape index (κ1) is 23.7. The fourth-order valence-corrected chi connectivity index (χ4v) is 5.54. The second-order valence-corrected chi connectivity index (χ2v) is 10.2. The maximum absolute atomic E-state index is 14.4. The van der Waals surface area contributed by atoms with Gasteiger partial charge in [-0.15, -0.1) is 0 Å². The Morgan fingerprint density at radius 3 is 2.18 bits per heavy atom. The van der Waals surface area contributed by atoms with E-state index in [0.29, 0.717) is 11.8 Å². The fraction of sp³-hybridized carbons (Fsp3) is 0.438. The summed E-state index contributed by atoms with van der Waals surface area (Å²) < 4.78 is 14.4. The standard InChI is InChI=1S/C32H39F/c1-3-7-30-20-21-31(23-32(30)33)29-18-16-26(17-19-29)11-10-25-12-14-27(15-13-25)22-24(2)28-8-5-4-6-9-28/h4-6,8-9,12-15,20-21,23-24,26,29H,3,7,10-11,16-19,22H2,1-2H3. The summed E-state index contributed by atoms with van der Waals surface area (Å²) in [7, 11) is 0. The Labute approximate surface area is 200 Å². The van der Waals surface area contributed by atoms with Crippen LogP contribution in [0.4, 0.5) is 4.39 Å². The van der Waals surface area contributed by atoms with Gasteiger partial charge in [-0.1, -0.05) is 87.0 Å². The molecule has 0 N–H and O–H groups in total. The second kappa shape index (κ2) is 11.6. The van der Waals surface area contributed by atoms with Crippen molar-refractivity contribution in [2.75, 3.05) is 0 Å². The van der Waals surface area contributed by atoms with Gasteiger partial charge in [0.25, 0.3) is 0 Å². The first-order valence-corrected chi connectivity index (χ1v) is 13.0. The molecular formula is C32H39F. The lowest BCUT2D eigenvalue weighted by Gasteiger charge is -2.29. The summed E-state index contributed by atoms with van der Waals surface area (Å²) in [6.45, 7) is 4.42. The normalized spacial score (nSPS) is 19.4. The predicted molar refractivity (Wildman–Crippen MR) is 138 cm³/mol. The zero-order valence-electron chi connectivity index (χ0n) is 20.4. The van der Waals surface area contributed by atoms with Crippen LogP contribution < -0.4 is 0 Å². The van der Waals surface area contributed by atoms with Crippen molar-refractivity contribution in [2.24, 2.45) is 5.92 Å².